The van der Waals surface area contributed by atoms with Gasteiger partial charge in [0.15, 0.2) is 0 Å². The van der Waals surface area contributed by atoms with Gasteiger partial charge in [-0.15, -0.1) is 0 Å². The van der Waals surface area contributed by atoms with Crippen molar-refractivity contribution in [3.63, 3.8) is 0 Å². The number of aliphatic carboxylic acids is 1. The van der Waals surface area contributed by atoms with Crippen molar-refractivity contribution in [1.82, 2.24) is 0 Å². The second-order valence-electron chi connectivity index (χ2n) is 5.58. The minimum atomic E-state index is -0.893. The molecule has 3 nitrogen and oxygen atoms in total. The zero-order valence-electron chi connectivity index (χ0n) is 13.1. The van der Waals surface area contributed by atoms with Gasteiger partial charge in [-0.05, 0) is 12.5 Å². The summed E-state index contributed by atoms with van der Waals surface area (Å²) in [6.45, 7) is 2.24. The summed E-state index contributed by atoms with van der Waals surface area (Å²) >= 11 is 0. The highest BCUT2D eigenvalue weighted by atomic mass is 16.4. The van der Waals surface area contributed by atoms with Gasteiger partial charge >= 0.3 is 5.97 Å². The first-order chi connectivity index (χ1) is 9.66. The fourth-order valence-electron chi connectivity index (χ4n) is 2.28. The molecular formula is C17H32O3. The highest BCUT2D eigenvalue weighted by Gasteiger charge is 1.98. The van der Waals surface area contributed by atoms with Gasteiger partial charge in [-0.25, -0.2) is 0 Å². The molecule has 0 amide bonds. The molecule has 0 unspecified atom stereocenters. The average molecular weight is 284 g/mol. The second kappa shape index (κ2) is 14.4. The van der Waals surface area contributed by atoms with E-state index >= 15 is 0 Å². The summed E-state index contributed by atoms with van der Waals surface area (Å²) in [5, 5.41) is 17.9. The predicted molar refractivity (Wildman–Crippen MR) is 84.0 cm³/mol. The monoisotopic (exact) mass is 284 g/mol. The third-order valence-electron chi connectivity index (χ3n) is 3.55. The van der Waals surface area contributed by atoms with Gasteiger partial charge in [0.2, 0.25) is 0 Å². The molecule has 0 atom stereocenters. The molecule has 3 heteroatoms. The van der Waals surface area contributed by atoms with E-state index in [1.807, 2.05) is 0 Å². The van der Waals surface area contributed by atoms with Crippen LogP contribution in [0.15, 0.2) is 11.8 Å². The molecular weight excluding hydrogens is 252 g/mol. The van der Waals surface area contributed by atoms with Crippen LogP contribution in [0.4, 0.5) is 0 Å². The Morgan fingerprint density at radius 2 is 1.25 bits per heavy atom. The Kier molecular flexibility index (Phi) is 13.7. The summed E-state index contributed by atoms with van der Waals surface area (Å²) in [7, 11) is 0. The van der Waals surface area contributed by atoms with Gasteiger partial charge in [-0.2, -0.15) is 0 Å². The molecule has 0 aromatic carbocycles. The van der Waals surface area contributed by atoms with Crippen molar-refractivity contribution < 1.29 is 15.0 Å². The predicted octanol–water partition coefficient (Wildman–Crippen LogP) is 5.60. The van der Waals surface area contributed by atoms with Crippen LogP contribution in [0, 0.1) is 0 Å². The van der Waals surface area contributed by atoms with Gasteiger partial charge in [0.05, 0.1) is 12.2 Å². The Morgan fingerprint density at radius 1 is 0.800 bits per heavy atom. The average Bonchev–Trinajstić information content (AvgIpc) is 2.42. The number of hydrogen-bond donors (Lipinski definition) is 2. The van der Waals surface area contributed by atoms with Gasteiger partial charge in [0, 0.05) is 6.42 Å². The highest BCUT2D eigenvalue weighted by molar-refractivity contribution is 5.68. The number of hydrogen-bond acceptors (Lipinski definition) is 2. The zero-order chi connectivity index (χ0) is 15.1. The summed E-state index contributed by atoms with van der Waals surface area (Å²) < 4.78 is 0. The number of carboxylic acid groups (broad SMARTS) is 1. The van der Waals surface area contributed by atoms with Gasteiger partial charge in [0.1, 0.15) is 0 Å². The van der Waals surface area contributed by atoms with E-state index in [1.165, 1.54) is 63.9 Å². The molecule has 0 aliphatic heterocycles. The topological polar surface area (TPSA) is 57.5 Å². The minimum Gasteiger partial charge on any atom is -0.513 e. The van der Waals surface area contributed by atoms with Crippen molar-refractivity contribution in [2.75, 3.05) is 0 Å². The standard InChI is InChI=1S/C17H32O3/c1-2-3-4-5-6-7-8-9-10-11-12-13-16(18)14-15-17(19)20/h14,18H,2-13,15H2,1H3,(H,19,20). The molecule has 118 valence electrons. The first-order valence-corrected chi connectivity index (χ1v) is 8.26. The SMILES string of the molecule is CCCCCCCCCCCCCC(O)=CCC(=O)O. The number of allylic oxidation sites excluding steroid dienone is 1. The first-order valence-electron chi connectivity index (χ1n) is 8.26. The number of aliphatic hydroxyl groups is 1. The van der Waals surface area contributed by atoms with Crippen molar-refractivity contribution in [3.8, 4) is 0 Å². The molecule has 0 aromatic rings. The molecule has 0 heterocycles. The summed E-state index contributed by atoms with van der Waals surface area (Å²) in [6.07, 6.45) is 16.0. The van der Waals surface area contributed by atoms with E-state index in [0.29, 0.717) is 6.42 Å². The summed E-state index contributed by atoms with van der Waals surface area (Å²) in [5.74, 6) is -0.668. The van der Waals surface area contributed by atoms with Crippen molar-refractivity contribution >= 4 is 5.97 Å². The zero-order valence-corrected chi connectivity index (χ0v) is 13.1. The van der Waals surface area contributed by atoms with Crippen LogP contribution < -0.4 is 0 Å². The molecule has 0 fully saturated rings. The summed E-state index contributed by atoms with van der Waals surface area (Å²) in [5.41, 5.74) is 0. The third-order valence-corrected chi connectivity index (χ3v) is 3.55. The lowest BCUT2D eigenvalue weighted by molar-refractivity contribution is -0.136. The fourth-order valence-corrected chi connectivity index (χ4v) is 2.28. The normalized spacial score (nSPS) is 11.8. The van der Waals surface area contributed by atoms with Crippen molar-refractivity contribution in [2.24, 2.45) is 0 Å². The van der Waals surface area contributed by atoms with E-state index in [4.69, 9.17) is 5.11 Å². The lowest BCUT2D eigenvalue weighted by atomic mass is 10.0. The summed E-state index contributed by atoms with van der Waals surface area (Å²) in [4.78, 5) is 10.3. The molecule has 0 saturated heterocycles. The maximum Gasteiger partial charge on any atom is 0.307 e. The smallest absolute Gasteiger partial charge is 0.307 e. The molecule has 2 N–H and O–H groups in total. The van der Waals surface area contributed by atoms with E-state index in [2.05, 4.69) is 6.92 Å². The molecule has 0 aromatic heterocycles. The van der Waals surface area contributed by atoms with E-state index in [9.17, 15) is 9.90 Å². The number of unbranched alkanes of at least 4 members (excludes halogenated alkanes) is 10. The highest BCUT2D eigenvalue weighted by Crippen LogP contribution is 2.13. The Labute approximate surface area is 124 Å². The molecule has 0 spiro atoms. The van der Waals surface area contributed by atoms with Gasteiger partial charge in [-0.1, -0.05) is 71.1 Å². The Hall–Kier alpha value is -0.990. The van der Waals surface area contributed by atoms with Crippen LogP contribution in [-0.2, 0) is 4.79 Å². The van der Waals surface area contributed by atoms with E-state index in [0.717, 1.165) is 12.8 Å². The van der Waals surface area contributed by atoms with Crippen LogP contribution >= 0.6 is 0 Å². The third kappa shape index (κ3) is 15.1. The number of carbonyl (C=O) groups is 1. The molecule has 0 rings (SSSR count). The minimum absolute atomic E-state index is 0.0795. The Morgan fingerprint density at radius 3 is 1.70 bits per heavy atom. The largest absolute Gasteiger partial charge is 0.513 e. The van der Waals surface area contributed by atoms with E-state index in [1.54, 1.807) is 0 Å². The second-order valence-corrected chi connectivity index (χ2v) is 5.58. The van der Waals surface area contributed by atoms with Crippen LogP contribution in [-0.4, -0.2) is 16.2 Å². The van der Waals surface area contributed by atoms with Crippen molar-refractivity contribution in [2.45, 2.75) is 90.4 Å². The Bertz CT molecular complexity index is 259. The van der Waals surface area contributed by atoms with Crippen molar-refractivity contribution in [3.05, 3.63) is 11.8 Å². The molecule has 0 bridgehead atoms. The molecule has 20 heavy (non-hydrogen) atoms. The van der Waals surface area contributed by atoms with Crippen LogP contribution in [0.5, 0.6) is 0 Å². The first kappa shape index (κ1) is 19.0. The van der Waals surface area contributed by atoms with Crippen LogP contribution in [0.25, 0.3) is 0 Å². The molecule has 0 saturated carbocycles. The lowest BCUT2D eigenvalue weighted by Crippen LogP contribution is -1.92. The summed E-state index contributed by atoms with van der Waals surface area (Å²) in [6, 6.07) is 0. The molecule has 0 aliphatic rings. The molecule has 0 radical (unpaired) electrons. The fraction of sp³-hybridized carbons (Fsp3) is 0.824. The van der Waals surface area contributed by atoms with Crippen LogP contribution in [0.2, 0.25) is 0 Å². The lowest BCUT2D eigenvalue weighted by Gasteiger charge is -2.03. The van der Waals surface area contributed by atoms with Crippen molar-refractivity contribution in [1.29, 1.82) is 0 Å². The van der Waals surface area contributed by atoms with Gasteiger partial charge < -0.3 is 10.2 Å². The van der Waals surface area contributed by atoms with Crippen LogP contribution in [0.3, 0.4) is 0 Å². The number of aliphatic hydroxyl groups excluding tert-OH is 1. The Balaban J connectivity index is 3.20. The van der Waals surface area contributed by atoms with Gasteiger partial charge in [0.25, 0.3) is 0 Å². The molecule has 0 aliphatic carbocycles. The van der Waals surface area contributed by atoms with E-state index < -0.39 is 5.97 Å². The maximum atomic E-state index is 10.3. The van der Waals surface area contributed by atoms with E-state index in [-0.39, 0.29) is 12.2 Å². The maximum absolute atomic E-state index is 10.3. The quantitative estimate of drug-likeness (QED) is 0.322. The number of carboxylic acids is 1. The number of rotatable bonds is 14. The van der Waals surface area contributed by atoms with Gasteiger partial charge in [-0.3, -0.25) is 4.79 Å². The van der Waals surface area contributed by atoms with Crippen LogP contribution in [0.1, 0.15) is 90.4 Å².